The Morgan fingerprint density at radius 1 is 1.12 bits per heavy atom. The molecule has 0 bridgehead atoms. The van der Waals surface area contributed by atoms with Gasteiger partial charge < -0.3 is 0 Å². The van der Waals surface area contributed by atoms with Crippen LogP contribution in [0.25, 0.3) is 0 Å². The van der Waals surface area contributed by atoms with Crippen molar-refractivity contribution in [3.63, 3.8) is 0 Å². The van der Waals surface area contributed by atoms with Crippen LogP contribution in [0, 0.1) is 17.8 Å². The van der Waals surface area contributed by atoms with E-state index in [9.17, 15) is 0 Å². The SMILES string of the molecule is CCC(C)CC(Cc1ccccn1)C(C)CC. The van der Waals surface area contributed by atoms with Crippen molar-refractivity contribution in [3.8, 4) is 0 Å². The Labute approximate surface area is 107 Å². The molecule has 1 rings (SSSR count). The van der Waals surface area contributed by atoms with Gasteiger partial charge in [0.1, 0.15) is 0 Å². The molecule has 0 saturated carbocycles. The van der Waals surface area contributed by atoms with Gasteiger partial charge in [-0.05, 0) is 42.7 Å². The zero-order valence-corrected chi connectivity index (χ0v) is 11.8. The van der Waals surface area contributed by atoms with Gasteiger partial charge in [-0.2, -0.15) is 0 Å². The minimum atomic E-state index is 0.782. The van der Waals surface area contributed by atoms with Gasteiger partial charge in [-0.15, -0.1) is 0 Å². The van der Waals surface area contributed by atoms with Gasteiger partial charge in [0.2, 0.25) is 0 Å². The van der Waals surface area contributed by atoms with Crippen LogP contribution in [0.5, 0.6) is 0 Å². The first-order valence-corrected chi connectivity index (χ1v) is 7.07. The second-order valence-corrected chi connectivity index (χ2v) is 5.42. The molecule has 3 atom stereocenters. The van der Waals surface area contributed by atoms with E-state index in [1.807, 2.05) is 12.3 Å². The molecule has 0 spiro atoms. The van der Waals surface area contributed by atoms with E-state index < -0.39 is 0 Å². The molecule has 0 aliphatic rings. The Bertz CT molecular complexity index is 294. The number of rotatable bonds is 7. The molecule has 0 aromatic carbocycles. The Hall–Kier alpha value is -0.850. The molecule has 17 heavy (non-hydrogen) atoms. The molecule has 1 heteroatoms. The largest absolute Gasteiger partial charge is 0.261 e. The highest BCUT2D eigenvalue weighted by Gasteiger charge is 2.19. The first-order valence-electron chi connectivity index (χ1n) is 7.07. The lowest BCUT2D eigenvalue weighted by Gasteiger charge is -2.25. The summed E-state index contributed by atoms with van der Waals surface area (Å²) in [4.78, 5) is 4.47. The van der Waals surface area contributed by atoms with Crippen molar-refractivity contribution in [2.24, 2.45) is 17.8 Å². The number of aromatic nitrogens is 1. The van der Waals surface area contributed by atoms with E-state index >= 15 is 0 Å². The summed E-state index contributed by atoms with van der Waals surface area (Å²) in [6, 6.07) is 6.25. The fraction of sp³-hybridized carbons (Fsp3) is 0.688. The molecule has 1 nitrogen and oxygen atoms in total. The second kappa shape index (κ2) is 7.47. The van der Waals surface area contributed by atoms with Crippen molar-refractivity contribution >= 4 is 0 Å². The van der Waals surface area contributed by atoms with Crippen LogP contribution in [-0.2, 0) is 6.42 Å². The fourth-order valence-electron chi connectivity index (χ4n) is 2.32. The first-order chi connectivity index (χ1) is 8.17. The third-order valence-corrected chi connectivity index (χ3v) is 4.05. The molecule has 0 fully saturated rings. The summed E-state index contributed by atoms with van der Waals surface area (Å²) >= 11 is 0. The lowest BCUT2D eigenvalue weighted by Crippen LogP contribution is -2.17. The molecule has 0 aliphatic heterocycles. The summed E-state index contributed by atoms with van der Waals surface area (Å²) in [5.41, 5.74) is 1.25. The van der Waals surface area contributed by atoms with E-state index in [4.69, 9.17) is 0 Å². The Morgan fingerprint density at radius 2 is 1.88 bits per heavy atom. The first kappa shape index (κ1) is 14.2. The lowest BCUT2D eigenvalue weighted by atomic mass is 9.81. The van der Waals surface area contributed by atoms with Gasteiger partial charge in [-0.1, -0.05) is 46.6 Å². The Balaban J connectivity index is 2.63. The monoisotopic (exact) mass is 233 g/mol. The Kier molecular flexibility index (Phi) is 6.25. The molecule has 0 N–H and O–H groups in total. The molecule has 1 aromatic rings. The van der Waals surface area contributed by atoms with Crippen LogP contribution >= 0.6 is 0 Å². The lowest BCUT2D eigenvalue weighted by molar-refractivity contribution is 0.277. The third-order valence-electron chi connectivity index (χ3n) is 4.05. The molecule has 0 saturated heterocycles. The van der Waals surface area contributed by atoms with Gasteiger partial charge in [-0.25, -0.2) is 0 Å². The van der Waals surface area contributed by atoms with E-state index in [-0.39, 0.29) is 0 Å². The van der Waals surface area contributed by atoms with Crippen LogP contribution in [-0.4, -0.2) is 4.98 Å². The quantitative estimate of drug-likeness (QED) is 0.664. The van der Waals surface area contributed by atoms with Crippen LogP contribution in [0.1, 0.15) is 52.7 Å². The van der Waals surface area contributed by atoms with Crippen molar-refractivity contribution in [2.75, 3.05) is 0 Å². The van der Waals surface area contributed by atoms with Crippen LogP contribution in [0.3, 0.4) is 0 Å². The van der Waals surface area contributed by atoms with E-state index in [1.165, 1.54) is 25.0 Å². The van der Waals surface area contributed by atoms with Crippen LogP contribution in [0.2, 0.25) is 0 Å². The molecule has 0 amide bonds. The van der Waals surface area contributed by atoms with Gasteiger partial charge in [0.15, 0.2) is 0 Å². The molecule has 1 aromatic heterocycles. The average Bonchev–Trinajstić information content (AvgIpc) is 2.38. The summed E-state index contributed by atoms with van der Waals surface area (Å²) in [5, 5.41) is 0. The maximum absolute atomic E-state index is 4.47. The Morgan fingerprint density at radius 3 is 2.41 bits per heavy atom. The number of hydrogen-bond acceptors (Lipinski definition) is 1. The van der Waals surface area contributed by atoms with E-state index in [0.717, 1.165) is 24.2 Å². The van der Waals surface area contributed by atoms with E-state index in [1.54, 1.807) is 0 Å². The summed E-state index contributed by atoms with van der Waals surface area (Å²) < 4.78 is 0. The highest BCUT2D eigenvalue weighted by molar-refractivity contribution is 5.04. The van der Waals surface area contributed by atoms with Crippen molar-refractivity contribution in [1.82, 2.24) is 4.98 Å². The molecule has 0 radical (unpaired) electrons. The zero-order valence-electron chi connectivity index (χ0n) is 11.8. The van der Waals surface area contributed by atoms with Crippen LogP contribution < -0.4 is 0 Å². The van der Waals surface area contributed by atoms with Gasteiger partial charge >= 0.3 is 0 Å². The highest BCUT2D eigenvalue weighted by atomic mass is 14.7. The standard InChI is InChI=1S/C16H27N/c1-5-13(3)11-15(14(4)6-2)12-16-9-7-8-10-17-16/h7-10,13-15H,5-6,11-12H2,1-4H3. The highest BCUT2D eigenvalue weighted by Crippen LogP contribution is 2.27. The maximum atomic E-state index is 4.47. The smallest absolute Gasteiger partial charge is 0.0406 e. The van der Waals surface area contributed by atoms with E-state index in [2.05, 4.69) is 44.8 Å². The number of nitrogens with zero attached hydrogens (tertiary/aromatic N) is 1. The molecule has 96 valence electrons. The number of hydrogen-bond donors (Lipinski definition) is 0. The maximum Gasteiger partial charge on any atom is 0.0406 e. The predicted octanol–water partition coefficient (Wildman–Crippen LogP) is 4.72. The molecular formula is C16H27N. The van der Waals surface area contributed by atoms with Crippen LogP contribution in [0.4, 0.5) is 0 Å². The topological polar surface area (TPSA) is 12.9 Å². The minimum absolute atomic E-state index is 0.782. The van der Waals surface area contributed by atoms with E-state index in [0.29, 0.717) is 0 Å². The second-order valence-electron chi connectivity index (χ2n) is 5.42. The summed E-state index contributed by atoms with van der Waals surface area (Å²) in [7, 11) is 0. The molecule has 3 unspecified atom stereocenters. The predicted molar refractivity (Wildman–Crippen MR) is 75.0 cm³/mol. The summed E-state index contributed by atoms with van der Waals surface area (Å²) in [6.45, 7) is 9.34. The molecule has 1 heterocycles. The average molecular weight is 233 g/mol. The van der Waals surface area contributed by atoms with Crippen molar-refractivity contribution < 1.29 is 0 Å². The van der Waals surface area contributed by atoms with Crippen molar-refractivity contribution in [1.29, 1.82) is 0 Å². The molecular weight excluding hydrogens is 206 g/mol. The normalized spacial score (nSPS) is 16.5. The zero-order chi connectivity index (χ0) is 12.7. The summed E-state index contributed by atoms with van der Waals surface area (Å²) in [5.74, 6) is 2.41. The van der Waals surface area contributed by atoms with Gasteiger partial charge in [-0.3, -0.25) is 4.98 Å². The summed E-state index contributed by atoms with van der Waals surface area (Å²) in [6.07, 6.45) is 6.94. The van der Waals surface area contributed by atoms with Crippen molar-refractivity contribution in [3.05, 3.63) is 30.1 Å². The van der Waals surface area contributed by atoms with Gasteiger partial charge in [0.05, 0.1) is 0 Å². The third kappa shape index (κ3) is 4.89. The van der Waals surface area contributed by atoms with Crippen LogP contribution in [0.15, 0.2) is 24.4 Å². The fourth-order valence-corrected chi connectivity index (χ4v) is 2.32. The molecule has 0 aliphatic carbocycles. The minimum Gasteiger partial charge on any atom is -0.261 e. The van der Waals surface area contributed by atoms with Gasteiger partial charge in [0, 0.05) is 11.9 Å². The number of pyridine rings is 1. The van der Waals surface area contributed by atoms with Gasteiger partial charge in [0.25, 0.3) is 0 Å². The van der Waals surface area contributed by atoms with Crippen molar-refractivity contribution in [2.45, 2.75) is 53.4 Å².